The number of carbonyl (C=O) groups excluding carboxylic acids is 1. The lowest BCUT2D eigenvalue weighted by molar-refractivity contribution is -0.0435. The minimum atomic E-state index is -5.75. The number of hydrogen-bond donors (Lipinski definition) is 5. The van der Waals surface area contributed by atoms with E-state index in [1.807, 2.05) is 85.6 Å². The van der Waals surface area contributed by atoms with Gasteiger partial charge in [0.2, 0.25) is 0 Å². The van der Waals surface area contributed by atoms with Crippen molar-refractivity contribution in [3.63, 3.8) is 0 Å². The number of rotatable bonds is 16. The maximum Gasteiger partial charge on any atom is 0.501 e. The van der Waals surface area contributed by atoms with E-state index in [4.69, 9.17) is 11.6 Å². The van der Waals surface area contributed by atoms with Crippen molar-refractivity contribution in [3.8, 4) is 22.4 Å². The number of anilines is 5. The van der Waals surface area contributed by atoms with Crippen molar-refractivity contribution in [3.05, 3.63) is 130 Å². The second kappa shape index (κ2) is 23.1. The van der Waals surface area contributed by atoms with E-state index in [0.29, 0.717) is 81.1 Å². The molecule has 3 fully saturated rings. The molecule has 9 rings (SSSR count). The van der Waals surface area contributed by atoms with Crippen molar-refractivity contribution in [2.75, 3.05) is 84.9 Å². The van der Waals surface area contributed by atoms with Crippen LogP contribution in [0.3, 0.4) is 0 Å². The number of aliphatic hydroxyl groups is 2. The van der Waals surface area contributed by atoms with Gasteiger partial charge in [0.25, 0.3) is 15.7 Å². The highest BCUT2D eigenvalue weighted by molar-refractivity contribution is 8.04. The van der Waals surface area contributed by atoms with Gasteiger partial charge in [-0.15, -0.1) is 11.8 Å². The van der Waals surface area contributed by atoms with E-state index in [2.05, 4.69) is 59.7 Å². The van der Waals surface area contributed by atoms with Crippen molar-refractivity contribution in [1.29, 1.82) is 0 Å². The van der Waals surface area contributed by atoms with E-state index in [0.717, 1.165) is 89.4 Å². The molecule has 394 valence electrons. The summed E-state index contributed by atoms with van der Waals surface area (Å²) in [5.74, 6) is -0.0455. The number of benzene rings is 4. The zero-order valence-corrected chi connectivity index (χ0v) is 44.0. The largest absolute Gasteiger partial charge is 0.501 e. The number of alkyl halides is 3. The fourth-order valence-electron chi connectivity index (χ4n) is 10.2. The molecule has 0 saturated carbocycles. The minimum Gasteiger partial charge on any atom is -0.393 e. The zero-order chi connectivity index (χ0) is 52.1. The van der Waals surface area contributed by atoms with Crippen LogP contribution in [0, 0.1) is 6.92 Å². The molecule has 3 saturated heterocycles. The number of amides is 1. The van der Waals surface area contributed by atoms with Gasteiger partial charge < -0.3 is 50.5 Å². The highest BCUT2D eigenvalue weighted by Gasteiger charge is 2.48. The van der Waals surface area contributed by atoms with Gasteiger partial charge in [-0.2, -0.15) is 13.2 Å². The van der Waals surface area contributed by atoms with Gasteiger partial charge in [0.1, 0.15) is 4.90 Å². The van der Waals surface area contributed by atoms with Gasteiger partial charge in [-0.05, 0) is 130 Å². The van der Waals surface area contributed by atoms with Crippen molar-refractivity contribution < 1.29 is 36.6 Å². The lowest BCUT2D eigenvalue weighted by Gasteiger charge is -2.37. The predicted octanol–water partition coefficient (Wildman–Crippen LogP) is 10.5. The van der Waals surface area contributed by atoms with Crippen LogP contribution in [0.5, 0.6) is 0 Å². The number of nitrogens with zero attached hydrogens (tertiary/aromatic N) is 5. The molecule has 4 heterocycles. The standard InChI is InChI=1S/C55H64ClF3N8O5S2/c1-37-51(54(70)67-29-23-46(69)24-30-67)52(53(63(37)2)38-11-13-40(56)14-12-38)39-7-6-8-44(35-39)66-33-31-65(32-34-66)43-18-15-41(16-19-43)61-62-42-17-20-48(49(36-42)74(71,72)55(57,58)59)60-50(73-47-9-4-3-5-10-47)25-28-64-26-21-45(68)22-27-64/h4,6-20,35-36,45-46,50,60-62,68-69H,3,5,21-34H2,1-2H3/t50-/m0/s1. The molecule has 0 unspecified atom stereocenters. The Morgan fingerprint density at radius 1 is 0.784 bits per heavy atom. The van der Waals surface area contributed by atoms with Crippen LogP contribution < -0.4 is 26.0 Å². The van der Waals surface area contributed by atoms with Crippen molar-refractivity contribution >= 4 is 67.5 Å². The van der Waals surface area contributed by atoms with Crippen LogP contribution >= 0.6 is 23.4 Å². The number of allylic oxidation sites excluding steroid dienone is 3. The van der Waals surface area contributed by atoms with Gasteiger partial charge in [-0.1, -0.05) is 54.1 Å². The molecule has 5 N–H and O–H groups in total. The third kappa shape index (κ3) is 12.2. The SMILES string of the molecule is Cc1c(C(=O)N2CCC(O)CC2)c(-c2cccc(N3CCN(c4ccc(NNc5ccc(N[C@H](CCN6CCC(O)CC6)SC6=CCCC=C6)c(S(=O)(=O)C(F)(F)F)c5)cc4)CC3)c2)c(-c2ccc(Cl)cc2)n1C. The molecule has 1 aliphatic carbocycles. The number of nitrogens with one attached hydrogen (secondary N) is 3. The first kappa shape index (κ1) is 53.2. The minimum absolute atomic E-state index is 0.0455. The summed E-state index contributed by atoms with van der Waals surface area (Å²) in [5, 5.41) is 23.6. The number of piperazine rings is 1. The lowest BCUT2D eigenvalue weighted by atomic mass is 9.95. The third-order valence-electron chi connectivity index (χ3n) is 14.5. The molecule has 3 aliphatic heterocycles. The molecule has 1 aromatic heterocycles. The molecule has 4 aliphatic rings. The van der Waals surface area contributed by atoms with Gasteiger partial charge >= 0.3 is 5.51 Å². The van der Waals surface area contributed by atoms with Gasteiger partial charge in [0.15, 0.2) is 0 Å². The van der Waals surface area contributed by atoms with Crippen LogP contribution in [0.25, 0.3) is 22.4 Å². The summed E-state index contributed by atoms with van der Waals surface area (Å²) in [4.78, 5) is 23.2. The first-order valence-corrected chi connectivity index (χ1v) is 28.1. The van der Waals surface area contributed by atoms with E-state index in [-0.39, 0.29) is 23.4 Å². The molecule has 0 spiro atoms. The zero-order valence-electron chi connectivity index (χ0n) is 41.6. The summed E-state index contributed by atoms with van der Waals surface area (Å²) < 4.78 is 71.1. The Balaban J connectivity index is 0.868. The van der Waals surface area contributed by atoms with Crippen LogP contribution in [0.1, 0.15) is 61.0 Å². The maximum absolute atomic E-state index is 14.4. The molecular weight excluding hydrogens is 1010 g/mol. The van der Waals surface area contributed by atoms with Crippen LogP contribution in [-0.4, -0.2) is 121 Å². The van der Waals surface area contributed by atoms with E-state index in [1.165, 1.54) is 17.8 Å². The number of halogens is 4. The van der Waals surface area contributed by atoms with Gasteiger partial charge in [0.05, 0.1) is 45.9 Å². The summed E-state index contributed by atoms with van der Waals surface area (Å²) in [6.45, 7) is 7.94. The number of thioether (sulfide) groups is 1. The highest BCUT2D eigenvalue weighted by Crippen LogP contribution is 2.42. The molecule has 1 amide bonds. The first-order valence-electron chi connectivity index (χ1n) is 25.3. The lowest BCUT2D eigenvalue weighted by Crippen LogP contribution is -2.46. The average Bonchev–Trinajstić information content (AvgIpc) is 3.67. The van der Waals surface area contributed by atoms with E-state index in [1.54, 1.807) is 6.07 Å². The molecule has 0 radical (unpaired) electrons. The Morgan fingerprint density at radius 3 is 2.07 bits per heavy atom. The fraction of sp³-hybridized carbons (Fsp3) is 0.400. The fourth-order valence-corrected chi connectivity index (χ4v) is 12.4. The topological polar surface area (TPSA) is 146 Å². The summed E-state index contributed by atoms with van der Waals surface area (Å²) in [5.41, 5.74) is 8.21. The molecule has 13 nitrogen and oxygen atoms in total. The van der Waals surface area contributed by atoms with Crippen LogP contribution in [0.2, 0.25) is 5.02 Å². The Hall–Kier alpha value is -5.63. The van der Waals surface area contributed by atoms with Gasteiger partial charge in [-0.3, -0.25) is 4.79 Å². The first-order chi connectivity index (χ1) is 35.5. The highest BCUT2D eigenvalue weighted by atomic mass is 35.5. The number of carbonyl (C=O) groups is 1. The van der Waals surface area contributed by atoms with Crippen LogP contribution in [0.15, 0.2) is 119 Å². The maximum atomic E-state index is 14.4. The molecule has 1 atom stereocenters. The number of aromatic nitrogens is 1. The number of hydrazine groups is 1. The number of likely N-dealkylation sites (tertiary alicyclic amines) is 2. The summed E-state index contributed by atoms with van der Waals surface area (Å²) in [6.07, 6.45) is 10.0. The molecule has 19 heteroatoms. The van der Waals surface area contributed by atoms with E-state index < -0.39 is 31.7 Å². The summed E-state index contributed by atoms with van der Waals surface area (Å²) in [6, 6.07) is 27.6. The normalized spacial score (nSPS) is 17.8. The molecule has 4 aromatic carbocycles. The molecule has 5 aromatic rings. The van der Waals surface area contributed by atoms with E-state index >= 15 is 0 Å². The molecule has 74 heavy (non-hydrogen) atoms. The van der Waals surface area contributed by atoms with Crippen LogP contribution in [0.4, 0.5) is 41.6 Å². The summed E-state index contributed by atoms with van der Waals surface area (Å²) in [7, 11) is -3.77. The average molecular weight is 1070 g/mol. The Morgan fingerprint density at radius 2 is 1.42 bits per heavy atom. The third-order valence-corrected chi connectivity index (χ3v) is 17.5. The van der Waals surface area contributed by atoms with Crippen LogP contribution in [-0.2, 0) is 16.9 Å². The van der Waals surface area contributed by atoms with Crippen molar-refractivity contribution in [2.45, 2.75) is 79.9 Å². The number of piperidine rings is 2. The Bertz CT molecular complexity index is 2950. The number of hydrogen-bond acceptors (Lipinski definition) is 12. The molecular formula is C55H64ClF3N8O5S2. The van der Waals surface area contributed by atoms with Gasteiger partial charge in [-0.25, -0.2) is 8.42 Å². The quantitative estimate of drug-likeness (QED) is 0.0474. The Labute approximate surface area is 440 Å². The summed E-state index contributed by atoms with van der Waals surface area (Å²) >= 11 is 7.78. The monoisotopic (exact) mass is 1070 g/mol. The molecule has 0 bridgehead atoms. The van der Waals surface area contributed by atoms with Crippen molar-refractivity contribution in [1.82, 2.24) is 14.4 Å². The predicted molar refractivity (Wildman–Crippen MR) is 293 cm³/mol. The second-order valence-corrected chi connectivity index (χ2v) is 23.1. The Kier molecular flexibility index (Phi) is 16.6. The second-order valence-electron chi connectivity index (χ2n) is 19.5. The smallest absolute Gasteiger partial charge is 0.393 e. The number of aliphatic hydroxyl groups excluding tert-OH is 2. The number of sulfone groups is 1. The van der Waals surface area contributed by atoms with E-state index in [9.17, 15) is 36.6 Å². The van der Waals surface area contributed by atoms with Crippen molar-refractivity contribution in [2.24, 2.45) is 7.05 Å². The van der Waals surface area contributed by atoms with Gasteiger partial charge in [0, 0.05) is 98.5 Å².